The van der Waals surface area contributed by atoms with Crippen molar-refractivity contribution in [2.45, 2.75) is 25.8 Å². The number of aromatic amines is 1. The van der Waals surface area contributed by atoms with Gasteiger partial charge < -0.3 is 14.6 Å². The van der Waals surface area contributed by atoms with Crippen LogP contribution in [0.1, 0.15) is 19.8 Å². The van der Waals surface area contributed by atoms with Gasteiger partial charge >= 0.3 is 5.97 Å². The molecule has 7 heteroatoms. The zero-order chi connectivity index (χ0) is 17.4. The van der Waals surface area contributed by atoms with Crippen LogP contribution in [0, 0.1) is 11.8 Å². The minimum Gasteiger partial charge on any atom is -0.465 e. The molecule has 3 heterocycles. The molecule has 0 radical (unpaired) electrons. The summed E-state index contributed by atoms with van der Waals surface area (Å²) >= 11 is 0. The Hall–Kier alpha value is -2.15. The number of hydrogen-bond acceptors (Lipinski definition) is 6. The first-order chi connectivity index (χ1) is 12.2. The molecule has 2 aliphatic rings. The van der Waals surface area contributed by atoms with E-state index >= 15 is 0 Å². The first kappa shape index (κ1) is 16.3. The molecule has 2 fully saturated rings. The zero-order valence-electron chi connectivity index (χ0n) is 14.8. The predicted octanol–water partition coefficient (Wildman–Crippen LogP) is 1.67. The molecule has 0 bridgehead atoms. The molecule has 4 rings (SSSR count). The number of rotatable bonds is 5. The van der Waals surface area contributed by atoms with Crippen molar-refractivity contribution >= 4 is 22.8 Å². The summed E-state index contributed by atoms with van der Waals surface area (Å²) in [6.07, 6.45) is 5.83. The Kier molecular flexibility index (Phi) is 4.33. The van der Waals surface area contributed by atoms with Gasteiger partial charge in [0, 0.05) is 32.4 Å². The molecular formula is C18H25N5O2. The normalized spacial score (nSPS) is 26.1. The number of ether oxygens (including phenoxy) is 1. The average molecular weight is 343 g/mol. The number of likely N-dealkylation sites (tertiary alicyclic amines) is 1. The van der Waals surface area contributed by atoms with Gasteiger partial charge in [0.15, 0.2) is 0 Å². The molecule has 1 N–H and O–H groups in total. The quantitative estimate of drug-likeness (QED) is 0.833. The van der Waals surface area contributed by atoms with Gasteiger partial charge in [0.2, 0.25) is 0 Å². The van der Waals surface area contributed by atoms with Crippen LogP contribution in [0.5, 0.6) is 0 Å². The Labute approximate surface area is 147 Å². The van der Waals surface area contributed by atoms with Crippen LogP contribution in [-0.2, 0) is 9.53 Å². The monoisotopic (exact) mass is 343 g/mol. The van der Waals surface area contributed by atoms with Crippen LogP contribution >= 0.6 is 0 Å². The van der Waals surface area contributed by atoms with Crippen molar-refractivity contribution in [3.8, 4) is 0 Å². The summed E-state index contributed by atoms with van der Waals surface area (Å²) in [7, 11) is 2.14. The second-order valence-corrected chi connectivity index (χ2v) is 7.19. The number of nitrogens with zero attached hydrogens (tertiary/aromatic N) is 4. The number of nitrogens with one attached hydrogen (secondary N) is 1. The maximum atomic E-state index is 11.7. The van der Waals surface area contributed by atoms with Crippen LogP contribution in [0.25, 0.3) is 11.0 Å². The zero-order valence-corrected chi connectivity index (χ0v) is 14.8. The van der Waals surface area contributed by atoms with Gasteiger partial charge in [-0.2, -0.15) is 0 Å². The van der Waals surface area contributed by atoms with Gasteiger partial charge in [0.1, 0.15) is 17.8 Å². The molecule has 1 saturated heterocycles. The van der Waals surface area contributed by atoms with Crippen molar-refractivity contribution in [1.29, 1.82) is 0 Å². The van der Waals surface area contributed by atoms with Gasteiger partial charge in [-0.1, -0.05) is 0 Å². The Morgan fingerprint density at radius 1 is 1.36 bits per heavy atom. The Balaban J connectivity index is 1.40. The third-order valence-electron chi connectivity index (χ3n) is 5.67. The lowest BCUT2D eigenvalue weighted by molar-refractivity contribution is -0.144. The molecule has 0 aromatic carbocycles. The van der Waals surface area contributed by atoms with Crippen LogP contribution in [0.4, 0.5) is 5.82 Å². The van der Waals surface area contributed by atoms with Crippen molar-refractivity contribution in [3.05, 3.63) is 18.6 Å². The highest BCUT2D eigenvalue weighted by Gasteiger charge is 2.42. The molecule has 0 amide bonds. The van der Waals surface area contributed by atoms with Crippen LogP contribution in [0.3, 0.4) is 0 Å². The number of carbonyl (C=O) groups excluding carboxylic acids is 1. The summed E-state index contributed by atoms with van der Waals surface area (Å²) in [6, 6.07) is 2.53. The number of esters is 1. The van der Waals surface area contributed by atoms with E-state index in [0.717, 1.165) is 42.8 Å². The van der Waals surface area contributed by atoms with E-state index in [9.17, 15) is 4.79 Å². The van der Waals surface area contributed by atoms with E-state index < -0.39 is 0 Å². The highest BCUT2D eigenvalue weighted by atomic mass is 16.5. The summed E-state index contributed by atoms with van der Waals surface area (Å²) in [5.74, 6) is 2.21. The van der Waals surface area contributed by atoms with Crippen LogP contribution in [0.15, 0.2) is 18.6 Å². The first-order valence-electron chi connectivity index (χ1n) is 9.04. The maximum absolute atomic E-state index is 11.7. The predicted molar refractivity (Wildman–Crippen MR) is 95.4 cm³/mol. The summed E-state index contributed by atoms with van der Waals surface area (Å²) in [5, 5.41) is 1.07. The molecule has 1 aliphatic carbocycles. The molecule has 25 heavy (non-hydrogen) atoms. The SMILES string of the molecule is CCOC(=O)CN1CC2CC(N(C)c3ncnc4[nH]ccc34)CC2C1. The molecule has 1 saturated carbocycles. The Bertz CT molecular complexity index is 747. The van der Waals surface area contributed by atoms with E-state index in [4.69, 9.17) is 4.74 Å². The molecule has 2 unspecified atom stereocenters. The molecule has 2 aromatic rings. The van der Waals surface area contributed by atoms with Crippen molar-refractivity contribution in [1.82, 2.24) is 19.9 Å². The fraction of sp³-hybridized carbons (Fsp3) is 0.611. The molecule has 0 spiro atoms. The lowest BCUT2D eigenvalue weighted by atomic mass is 10.0. The van der Waals surface area contributed by atoms with Crippen LogP contribution < -0.4 is 4.90 Å². The number of H-pyrrole nitrogens is 1. The van der Waals surface area contributed by atoms with Crippen LogP contribution in [-0.4, -0.2) is 65.2 Å². The highest BCUT2D eigenvalue weighted by Crippen LogP contribution is 2.41. The number of aromatic nitrogens is 3. The Morgan fingerprint density at radius 3 is 2.84 bits per heavy atom. The lowest BCUT2D eigenvalue weighted by Crippen LogP contribution is -2.34. The second kappa shape index (κ2) is 6.63. The van der Waals surface area contributed by atoms with E-state index in [-0.39, 0.29) is 5.97 Å². The molecule has 2 atom stereocenters. The fourth-order valence-electron chi connectivity index (χ4n) is 4.51. The van der Waals surface area contributed by atoms with E-state index in [2.05, 4.69) is 31.8 Å². The van der Waals surface area contributed by atoms with E-state index in [1.54, 1.807) is 6.33 Å². The number of hydrogen-bond donors (Lipinski definition) is 1. The summed E-state index contributed by atoms with van der Waals surface area (Å²) in [4.78, 5) is 28.2. The summed E-state index contributed by atoms with van der Waals surface area (Å²) < 4.78 is 5.07. The first-order valence-corrected chi connectivity index (χ1v) is 9.04. The van der Waals surface area contributed by atoms with Crippen molar-refractivity contribution in [2.75, 3.05) is 38.2 Å². The van der Waals surface area contributed by atoms with E-state index in [1.165, 1.54) is 0 Å². The number of carbonyl (C=O) groups is 1. The molecule has 134 valence electrons. The molecule has 7 nitrogen and oxygen atoms in total. The molecular weight excluding hydrogens is 318 g/mol. The minimum absolute atomic E-state index is 0.105. The average Bonchev–Trinajstić information content (AvgIpc) is 3.27. The van der Waals surface area contributed by atoms with Gasteiger partial charge in [-0.25, -0.2) is 9.97 Å². The number of anilines is 1. The highest BCUT2D eigenvalue weighted by molar-refractivity contribution is 5.87. The molecule has 2 aromatic heterocycles. The van der Waals surface area contributed by atoms with Gasteiger partial charge in [-0.15, -0.1) is 0 Å². The van der Waals surface area contributed by atoms with Gasteiger partial charge in [0.25, 0.3) is 0 Å². The van der Waals surface area contributed by atoms with Gasteiger partial charge in [-0.05, 0) is 37.7 Å². The van der Waals surface area contributed by atoms with Gasteiger partial charge in [0.05, 0.1) is 18.5 Å². The Morgan fingerprint density at radius 2 is 2.12 bits per heavy atom. The summed E-state index contributed by atoms with van der Waals surface area (Å²) in [6.45, 7) is 4.73. The number of fused-ring (bicyclic) bond motifs is 2. The second-order valence-electron chi connectivity index (χ2n) is 7.19. The lowest BCUT2D eigenvalue weighted by Gasteiger charge is -2.27. The summed E-state index contributed by atoms with van der Waals surface area (Å²) in [5.41, 5.74) is 0.885. The van der Waals surface area contributed by atoms with Gasteiger partial charge in [-0.3, -0.25) is 9.69 Å². The van der Waals surface area contributed by atoms with Crippen molar-refractivity contribution in [2.24, 2.45) is 11.8 Å². The van der Waals surface area contributed by atoms with Crippen molar-refractivity contribution in [3.63, 3.8) is 0 Å². The molecule has 1 aliphatic heterocycles. The fourth-order valence-corrected chi connectivity index (χ4v) is 4.51. The largest absolute Gasteiger partial charge is 0.465 e. The third-order valence-corrected chi connectivity index (χ3v) is 5.67. The van der Waals surface area contributed by atoms with Crippen LogP contribution in [0.2, 0.25) is 0 Å². The topological polar surface area (TPSA) is 74.3 Å². The van der Waals surface area contributed by atoms with E-state index in [1.807, 2.05) is 19.2 Å². The smallest absolute Gasteiger partial charge is 0.320 e. The van der Waals surface area contributed by atoms with E-state index in [0.29, 0.717) is 31.0 Å². The minimum atomic E-state index is -0.105. The third kappa shape index (κ3) is 3.08. The maximum Gasteiger partial charge on any atom is 0.320 e. The standard InChI is InChI=1S/C18H25N5O2/c1-3-25-16(24)10-23-8-12-6-14(7-13(12)9-23)22(2)18-15-4-5-19-17(15)20-11-21-18/h4-5,11-14H,3,6-10H2,1-2H3,(H,19,20,21). The van der Waals surface area contributed by atoms with Crippen molar-refractivity contribution < 1.29 is 9.53 Å².